The molecule has 1 aromatic carbocycles. The summed E-state index contributed by atoms with van der Waals surface area (Å²) in [5.74, 6) is 0.686. The Balaban J connectivity index is 0.00000240. The lowest BCUT2D eigenvalue weighted by Gasteiger charge is -2.22. The second-order valence-electron chi connectivity index (χ2n) is 6.81. The molecule has 1 aliphatic rings. The van der Waals surface area contributed by atoms with Crippen LogP contribution in [0.4, 0.5) is 5.69 Å². The molecule has 1 unspecified atom stereocenters. The van der Waals surface area contributed by atoms with Crippen molar-refractivity contribution in [2.24, 2.45) is 0 Å². The third-order valence-electron chi connectivity index (χ3n) is 4.73. The molecule has 0 bridgehead atoms. The van der Waals surface area contributed by atoms with Crippen LogP contribution in [0.15, 0.2) is 66.0 Å². The van der Waals surface area contributed by atoms with E-state index in [1.807, 2.05) is 47.4 Å². The summed E-state index contributed by atoms with van der Waals surface area (Å²) in [6, 6.07) is 14.0. The van der Waals surface area contributed by atoms with Crippen molar-refractivity contribution in [2.75, 3.05) is 18.4 Å². The lowest BCUT2D eigenvalue weighted by atomic mass is 10.1. The molecule has 29 heavy (non-hydrogen) atoms. The summed E-state index contributed by atoms with van der Waals surface area (Å²) in [5, 5.41) is 10.8. The first-order valence-corrected chi connectivity index (χ1v) is 10.5. The number of benzene rings is 1. The predicted molar refractivity (Wildman–Crippen MR) is 119 cm³/mol. The molecule has 152 valence electrons. The Morgan fingerprint density at radius 3 is 2.83 bits per heavy atom. The number of carbonyl (C=O) groups is 1. The third-order valence-corrected chi connectivity index (χ3v) is 5.81. The van der Waals surface area contributed by atoms with Gasteiger partial charge in [0.2, 0.25) is 0 Å². The van der Waals surface area contributed by atoms with Gasteiger partial charge in [-0.1, -0.05) is 6.07 Å². The van der Waals surface area contributed by atoms with Crippen molar-refractivity contribution in [1.82, 2.24) is 20.1 Å². The van der Waals surface area contributed by atoms with Gasteiger partial charge in [0.25, 0.3) is 5.91 Å². The zero-order valence-corrected chi connectivity index (χ0v) is 17.6. The fraction of sp³-hybridized carbons (Fsp3) is 0.286. The zero-order valence-electron chi connectivity index (χ0n) is 16.0. The SMILES string of the molecule is Cl.O=C(Nc1ccc(SCc2cccnc2)cc1)c1ccn(C2CCCNC2)n1. The molecule has 2 aromatic heterocycles. The zero-order chi connectivity index (χ0) is 19.2. The molecule has 8 heteroatoms. The maximum absolute atomic E-state index is 12.5. The Bertz CT molecular complexity index is 910. The number of nitrogens with one attached hydrogen (secondary N) is 2. The van der Waals surface area contributed by atoms with Crippen molar-refractivity contribution < 1.29 is 4.79 Å². The number of nitrogens with zero attached hydrogens (tertiary/aromatic N) is 3. The number of amides is 1. The van der Waals surface area contributed by atoms with Gasteiger partial charge in [0.05, 0.1) is 6.04 Å². The molecule has 0 aliphatic carbocycles. The van der Waals surface area contributed by atoms with Crippen molar-refractivity contribution in [3.05, 3.63) is 72.3 Å². The molecular weight excluding hydrogens is 406 g/mol. The second-order valence-corrected chi connectivity index (χ2v) is 7.86. The van der Waals surface area contributed by atoms with Crippen molar-refractivity contribution >= 4 is 35.8 Å². The van der Waals surface area contributed by atoms with Gasteiger partial charge in [0.15, 0.2) is 5.69 Å². The van der Waals surface area contributed by atoms with E-state index in [1.54, 1.807) is 24.0 Å². The molecule has 2 N–H and O–H groups in total. The van der Waals surface area contributed by atoms with E-state index in [2.05, 4.69) is 26.8 Å². The number of hydrogen-bond acceptors (Lipinski definition) is 5. The lowest BCUT2D eigenvalue weighted by Crippen LogP contribution is -2.32. The van der Waals surface area contributed by atoms with Crippen LogP contribution in [0.1, 0.15) is 34.9 Å². The van der Waals surface area contributed by atoms with Crippen molar-refractivity contribution in [1.29, 1.82) is 0 Å². The monoisotopic (exact) mass is 429 g/mol. The molecule has 3 aromatic rings. The number of pyridine rings is 1. The maximum Gasteiger partial charge on any atom is 0.276 e. The topological polar surface area (TPSA) is 71.8 Å². The molecular formula is C21H24ClN5OS. The van der Waals surface area contributed by atoms with Crippen LogP contribution in [0.25, 0.3) is 0 Å². The highest BCUT2D eigenvalue weighted by molar-refractivity contribution is 7.98. The van der Waals surface area contributed by atoms with Gasteiger partial charge >= 0.3 is 0 Å². The Kier molecular flexibility index (Phi) is 7.69. The van der Waals surface area contributed by atoms with Crippen molar-refractivity contribution in [2.45, 2.75) is 29.5 Å². The molecule has 0 radical (unpaired) electrons. The number of anilines is 1. The van der Waals surface area contributed by atoms with Gasteiger partial charge in [-0.25, -0.2) is 0 Å². The summed E-state index contributed by atoms with van der Waals surface area (Å²) in [4.78, 5) is 17.8. The fourth-order valence-electron chi connectivity index (χ4n) is 3.20. The van der Waals surface area contributed by atoms with E-state index in [4.69, 9.17) is 0 Å². The van der Waals surface area contributed by atoms with E-state index >= 15 is 0 Å². The summed E-state index contributed by atoms with van der Waals surface area (Å²) >= 11 is 1.74. The first-order valence-electron chi connectivity index (χ1n) is 9.47. The molecule has 3 heterocycles. The van der Waals surface area contributed by atoms with Crippen LogP contribution in [0.3, 0.4) is 0 Å². The highest BCUT2D eigenvalue weighted by atomic mass is 35.5. The summed E-state index contributed by atoms with van der Waals surface area (Å²) in [6.45, 7) is 1.96. The highest BCUT2D eigenvalue weighted by Crippen LogP contribution is 2.24. The Labute approximate surface area is 180 Å². The Morgan fingerprint density at radius 1 is 1.24 bits per heavy atom. The maximum atomic E-state index is 12.5. The number of rotatable bonds is 6. The third kappa shape index (κ3) is 5.82. The van der Waals surface area contributed by atoms with Crippen molar-refractivity contribution in [3.8, 4) is 0 Å². The summed E-state index contributed by atoms with van der Waals surface area (Å²) in [7, 11) is 0. The van der Waals surface area contributed by atoms with E-state index in [1.165, 1.54) is 5.56 Å². The summed E-state index contributed by atoms with van der Waals surface area (Å²) < 4.78 is 1.90. The quantitative estimate of drug-likeness (QED) is 0.575. The van der Waals surface area contributed by atoms with Crippen LogP contribution in [0, 0.1) is 0 Å². The minimum absolute atomic E-state index is 0. The van der Waals surface area contributed by atoms with Crippen molar-refractivity contribution in [3.63, 3.8) is 0 Å². The van der Waals surface area contributed by atoms with Crippen LogP contribution in [0.2, 0.25) is 0 Å². The first-order chi connectivity index (χ1) is 13.8. The number of carbonyl (C=O) groups excluding carboxylic acids is 1. The number of aromatic nitrogens is 3. The summed E-state index contributed by atoms with van der Waals surface area (Å²) in [6.07, 6.45) is 7.78. The molecule has 4 rings (SSSR count). The van der Waals surface area contributed by atoms with E-state index in [9.17, 15) is 4.79 Å². The molecule has 1 saturated heterocycles. The Hall–Kier alpha value is -2.35. The molecule has 1 aliphatic heterocycles. The minimum Gasteiger partial charge on any atom is -0.321 e. The van der Waals surface area contributed by atoms with Gasteiger partial charge in [-0.3, -0.25) is 14.5 Å². The van der Waals surface area contributed by atoms with Crippen LogP contribution < -0.4 is 10.6 Å². The molecule has 0 saturated carbocycles. The number of hydrogen-bond donors (Lipinski definition) is 2. The second kappa shape index (κ2) is 10.4. The molecule has 1 amide bonds. The average Bonchev–Trinajstić information content (AvgIpc) is 3.25. The van der Waals surface area contributed by atoms with Gasteiger partial charge < -0.3 is 10.6 Å². The molecule has 1 atom stereocenters. The van der Waals surface area contributed by atoms with Gasteiger partial charge in [0.1, 0.15) is 0 Å². The molecule has 6 nitrogen and oxygen atoms in total. The lowest BCUT2D eigenvalue weighted by molar-refractivity contribution is 0.102. The van der Waals surface area contributed by atoms with Crippen LogP contribution >= 0.6 is 24.2 Å². The minimum atomic E-state index is -0.182. The van der Waals surface area contributed by atoms with Gasteiger partial charge in [-0.15, -0.1) is 24.2 Å². The summed E-state index contributed by atoms with van der Waals surface area (Å²) in [5.41, 5.74) is 2.40. The van der Waals surface area contributed by atoms with Gasteiger partial charge in [0, 0.05) is 41.5 Å². The standard InChI is InChI=1S/C21H23N5OS.ClH/c27-21(20-9-12-26(25-20)18-4-2-11-23-14-18)24-17-5-7-19(8-6-17)28-15-16-3-1-10-22-13-16;/h1,3,5-10,12-13,18,23H,2,4,11,14-15H2,(H,24,27);1H. The molecule has 1 fully saturated rings. The van der Waals surface area contributed by atoms with Gasteiger partial charge in [-0.05, 0) is 61.3 Å². The fourth-order valence-corrected chi connectivity index (χ4v) is 4.03. The van der Waals surface area contributed by atoms with E-state index < -0.39 is 0 Å². The van der Waals surface area contributed by atoms with E-state index in [0.29, 0.717) is 11.7 Å². The number of halogens is 1. The van der Waals surface area contributed by atoms with Gasteiger partial charge in [-0.2, -0.15) is 5.10 Å². The van der Waals surface area contributed by atoms with E-state index in [0.717, 1.165) is 42.3 Å². The number of thioether (sulfide) groups is 1. The van der Waals surface area contributed by atoms with Crippen LogP contribution in [-0.4, -0.2) is 33.8 Å². The predicted octanol–water partition coefficient (Wildman–Crippen LogP) is 4.17. The largest absolute Gasteiger partial charge is 0.321 e. The highest BCUT2D eigenvalue weighted by Gasteiger charge is 2.17. The van der Waals surface area contributed by atoms with E-state index in [-0.39, 0.29) is 18.3 Å². The number of piperidine rings is 1. The van der Waals surface area contributed by atoms with Crippen LogP contribution in [0.5, 0.6) is 0 Å². The molecule has 0 spiro atoms. The normalized spacial score (nSPS) is 16.1. The average molecular weight is 430 g/mol. The first kappa shape index (κ1) is 21.4. The Morgan fingerprint density at radius 2 is 2.10 bits per heavy atom. The van der Waals surface area contributed by atoms with Crippen LogP contribution in [-0.2, 0) is 5.75 Å². The smallest absolute Gasteiger partial charge is 0.276 e.